The fourth-order valence-corrected chi connectivity index (χ4v) is 1.69. The summed E-state index contributed by atoms with van der Waals surface area (Å²) >= 11 is 0. The summed E-state index contributed by atoms with van der Waals surface area (Å²) in [5.74, 6) is 0. The van der Waals surface area contributed by atoms with E-state index in [9.17, 15) is 0 Å². The molecule has 0 aromatic heterocycles. The monoisotopic (exact) mass is 159 g/mol. The molecule has 0 saturated heterocycles. The summed E-state index contributed by atoms with van der Waals surface area (Å²) in [4.78, 5) is 4.47. The van der Waals surface area contributed by atoms with Gasteiger partial charge in [-0.1, -0.05) is 6.07 Å². The zero-order valence-corrected chi connectivity index (χ0v) is 7.81. The lowest BCUT2D eigenvalue weighted by molar-refractivity contribution is 1.24. The van der Waals surface area contributed by atoms with Crippen LogP contribution in [-0.2, 0) is 6.42 Å². The first-order valence-corrected chi connectivity index (χ1v) is 4.32. The average Bonchev–Trinajstić information content (AvgIpc) is 2.39. The van der Waals surface area contributed by atoms with Crippen molar-refractivity contribution in [1.29, 1.82) is 0 Å². The molecule has 0 aliphatic carbocycles. The zero-order valence-electron chi connectivity index (χ0n) is 7.81. The highest BCUT2D eigenvalue weighted by molar-refractivity contribution is 5.92. The smallest absolute Gasteiger partial charge is 0.0667 e. The molecule has 62 valence electrons. The van der Waals surface area contributed by atoms with Gasteiger partial charge >= 0.3 is 0 Å². The van der Waals surface area contributed by atoms with Crippen molar-refractivity contribution in [1.82, 2.24) is 0 Å². The van der Waals surface area contributed by atoms with E-state index >= 15 is 0 Å². The molecule has 0 amide bonds. The van der Waals surface area contributed by atoms with Crippen LogP contribution in [0.25, 0.3) is 0 Å². The lowest BCUT2D eigenvalue weighted by atomic mass is 10.00. The van der Waals surface area contributed by atoms with E-state index in [4.69, 9.17) is 0 Å². The van der Waals surface area contributed by atoms with Gasteiger partial charge in [0.05, 0.1) is 5.69 Å². The van der Waals surface area contributed by atoms with Crippen molar-refractivity contribution < 1.29 is 0 Å². The third-order valence-corrected chi connectivity index (χ3v) is 2.59. The molecule has 1 heterocycles. The number of fused-ring (bicyclic) bond motifs is 1. The van der Waals surface area contributed by atoms with Gasteiger partial charge in [0.15, 0.2) is 0 Å². The first kappa shape index (κ1) is 7.53. The molecular formula is C11H13N. The number of aryl methyl sites for hydroxylation is 1. The van der Waals surface area contributed by atoms with Crippen LogP contribution < -0.4 is 0 Å². The Hall–Kier alpha value is -1.11. The molecule has 0 bridgehead atoms. The van der Waals surface area contributed by atoms with Crippen molar-refractivity contribution in [3.05, 3.63) is 28.8 Å². The number of hydrogen-bond acceptors (Lipinski definition) is 1. The topological polar surface area (TPSA) is 12.4 Å². The van der Waals surface area contributed by atoms with Crippen molar-refractivity contribution in [3.63, 3.8) is 0 Å². The Morgan fingerprint density at radius 1 is 1.17 bits per heavy atom. The normalized spacial score (nSPS) is 14.4. The lowest BCUT2D eigenvalue weighted by Gasteiger charge is -2.05. The Labute approximate surface area is 73.1 Å². The van der Waals surface area contributed by atoms with Crippen molar-refractivity contribution in [2.45, 2.75) is 27.2 Å². The van der Waals surface area contributed by atoms with E-state index in [2.05, 4.69) is 37.9 Å². The molecule has 0 radical (unpaired) electrons. The SMILES string of the molecule is CC1=Nc2ccc(C)c(C)c2C1. The van der Waals surface area contributed by atoms with Gasteiger partial charge in [0.1, 0.15) is 0 Å². The van der Waals surface area contributed by atoms with Gasteiger partial charge in [0.25, 0.3) is 0 Å². The number of nitrogens with zero attached hydrogens (tertiary/aromatic N) is 1. The molecule has 1 aliphatic rings. The van der Waals surface area contributed by atoms with Gasteiger partial charge in [-0.15, -0.1) is 0 Å². The maximum absolute atomic E-state index is 4.47. The second kappa shape index (κ2) is 2.44. The Balaban J connectivity index is 2.61. The summed E-state index contributed by atoms with van der Waals surface area (Å²) in [7, 11) is 0. The fraction of sp³-hybridized carbons (Fsp3) is 0.364. The first-order valence-electron chi connectivity index (χ1n) is 4.32. The molecule has 1 heteroatoms. The van der Waals surface area contributed by atoms with Gasteiger partial charge in [-0.3, -0.25) is 4.99 Å². The molecule has 0 spiro atoms. The second-order valence-electron chi connectivity index (χ2n) is 3.53. The molecule has 1 aromatic carbocycles. The first-order chi connectivity index (χ1) is 5.68. The van der Waals surface area contributed by atoms with Gasteiger partial charge in [-0.05, 0) is 43.5 Å². The average molecular weight is 159 g/mol. The Bertz CT molecular complexity index is 362. The van der Waals surface area contributed by atoms with Crippen molar-refractivity contribution in [2.24, 2.45) is 4.99 Å². The highest BCUT2D eigenvalue weighted by Crippen LogP contribution is 2.30. The van der Waals surface area contributed by atoms with E-state index in [1.54, 1.807) is 0 Å². The number of hydrogen-bond donors (Lipinski definition) is 0. The molecule has 12 heavy (non-hydrogen) atoms. The number of benzene rings is 1. The van der Waals surface area contributed by atoms with E-state index in [0.717, 1.165) is 6.42 Å². The highest BCUT2D eigenvalue weighted by atomic mass is 14.8. The Morgan fingerprint density at radius 3 is 2.67 bits per heavy atom. The van der Waals surface area contributed by atoms with Crippen molar-refractivity contribution in [2.75, 3.05) is 0 Å². The van der Waals surface area contributed by atoms with Gasteiger partial charge in [-0.2, -0.15) is 0 Å². The number of rotatable bonds is 0. The van der Waals surface area contributed by atoms with Crippen molar-refractivity contribution >= 4 is 11.4 Å². The van der Waals surface area contributed by atoms with E-state index in [1.807, 2.05) is 0 Å². The highest BCUT2D eigenvalue weighted by Gasteiger charge is 2.13. The van der Waals surface area contributed by atoms with E-state index < -0.39 is 0 Å². The third kappa shape index (κ3) is 0.970. The third-order valence-electron chi connectivity index (χ3n) is 2.59. The van der Waals surface area contributed by atoms with Crippen LogP contribution in [0.5, 0.6) is 0 Å². The fourth-order valence-electron chi connectivity index (χ4n) is 1.69. The minimum atomic E-state index is 1.04. The minimum Gasteiger partial charge on any atom is -0.257 e. The summed E-state index contributed by atoms with van der Waals surface area (Å²) in [5, 5.41) is 0. The predicted octanol–water partition coefficient (Wildman–Crippen LogP) is 2.95. The minimum absolute atomic E-state index is 1.04. The molecule has 0 saturated carbocycles. The maximum Gasteiger partial charge on any atom is 0.0667 e. The molecule has 0 unspecified atom stereocenters. The lowest BCUT2D eigenvalue weighted by Crippen LogP contribution is -1.93. The molecule has 0 fully saturated rings. The van der Waals surface area contributed by atoms with Crippen LogP contribution >= 0.6 is 0 Å². The van der Waals surface area contributed by atoms with Crippen LogP contribution in [0.15, 0.2) is 17.1 Å². The van der Waals surface area contributed by atoms with Gasteiger partial charge in [-0.25, -0.2) is 0 Å². The Morgan fingerprint density at radius 2 is 1.92 bits per heavy atom. The van der Waals surface area contributed by atoms with E-state index in [-0.39, 0.29) is 0 Å². The second-order valence-corrected chi connectivity index (χ2v) is 3.53. The quantitative estimate of drug-likeness (QED) is 0.552. The van der Waals surface area contributed by atoms with Crippen LogP contribution in [0, 0.1) is 13.8 Å². The standard InChI is InChI=1S/C11H13N/c1-7-4-5-11-10(9(7)3)6-8(2)12-11/h4-5H,6H2,1-3H3. The molecular weight excluding hydrogens is 146 g/mol. The molecule has 1 nitrogen and oxygen atoms in total. The molecule has 1 aromatic rings. The van der Waals surface area contributed by atoms with E-state index in [0.29, 0.717) is 0 Å². The summed E-state index contributed by atoms with van der Waals surface area (Å²) in [6, 6.07) is 4.27. The van der Waals surface area contributed by atoms with Crippen molar-refractivity contribution in [3.8, 4) is 0 Å². The van der Waals surface area contributed by atoms with Crippen LogP contribution in [0.3, 0.4) is 0 Å². The van der Waals surface area contributed by atoms with Gasteiger partial charge in [0, 0.05) is 12.1 Å². The molecule has 2 rings (SSSR count). The van der Waals surface area contributed by atoms with Gasteiger partial charge < -0.3 is 0 Å². The zero-order chi connectivity index (χ0) is 8.72. The number of aliphatic imine (C=N–C) groups is 1. The van der Waals surface area contributed by atoms with Gasteiger partial charge in [0.2, 0.25) is 0 Å². The molecule has 0 atom stereocenters. The largest absolute Gasteiger partial charge is 0.257 e. The van der Waals surface area contributed by atoms with E-state index in [1.165, 1.54) is 28.1 Å². The van der Waals surface area contributed by atoms with Crippen LogP contribution in [0.2, 0.25) is 0 Å². The summed E-state index contributed by atoms with van der Waals surface area (Å²) in [5.41, 5.74) is 6.62. The molecule has 0 N–H and O–H groups in total. The maximum atomic E-state index is 4.47. The van der Waals surface area contributed by atoms with Crippen LogP contribution in [0.1, 0.15) is 23.6 Å². The predicted molar refractivity (Wildman–Crippen MR) is 52.4 cm³/mol. The van der Waals surface area contributed by atoms with Crippen LogP contribution in [-0.4, -0.2) is 5.71 Å². The Kier molecular flexibility index (Phi) is 1.53. The summed E-state index contributed by atoms with van der Waals surface area (Å²) in [6.07, 6.45) is 1.04. The van der Waals surface area contributed by atoms with Crippen LogP contribution in [0.4, 0.5) is 5.69 Å². The molecule has 1 aliphatic heterocycles. The summed E-state index contributed by atoms with van der Waals surface area (Å²) in [6.45, 7) is 6.43. The summed E-state index contributed by atoms with van der Waals surface area (Å²) < 4.78 is 0.